The van der Waals surface area contributed by atoms with Gasteiger partial charge in [-0.3, -0.25) is 0 Å². The van der Waals surface area contributed by atoms with Crippen molar-refractivity contribution in [2.24, 2.45) is 5.14 Å². The van der Waals surface area contributed by atoms with Gasteiger partial charge < -0.3 is 4.74 Å². The highest BCUT2D eigenvalue weighted by molar-refractivity contribution is 7.89. The molecule has 1 aliphatic rings. The van der Waals surface area contributed by atoms with Crippen LogP contribution in [0, 0.1) is 0 Å². The SMILES string of the molecule is NS(=O)(=O)[C@@H]1CCCOC1. The molecule has 0 aromatic carbocycles. The van der Waals surface area contributed by atoms with E-state index in [2.05, 4.69) is 0 Å². The molecule has 1 aliphatic heterocycles. The van der Waals surface area contributed by atoms with Crippen molar-refractivity contribution in [3.05, 3.63) is 0 Å². The Balaban J connectivity index is 2.56. The lowest BCUT2D eigenvalue weighted by molar-refractivity contribution is 0.0991. The molecule has 1 fully saturated rings. The predicted molar refractivity (Wildman–Crippen MR) is 36.9 cm³/mol. The first-order valence-electron chi connectivity index (χ1n) is 3.20. The van der Waals surface area contributed by atoms with Crippen LogP contribution in [0.1, 0.15) is 12.8 Å². The molecule has 1 rings (SSSR count). The molecule has 0 aromatic heterocycles. The maximum absolute atomic E-state index is 10.7. The molecule has 1 atom stereocenters. The number of nitrogens with two attached hydrogens (primary N) is 1. The van der Waals surface area contributed by atoms with Gasteiger partial charge in [-0.15, -0.1) is 0 Å². The van der Waals surface area contributed by atoms with Crippen LogP contribution in [-0.2, 0) is 14.8 Å². The summed E-state index contributed by atoms with van der Waals surface area (Å²) in [6.07, 6.45) is 1.43. The van der Waals surface area contributed by atoms with E-state index in [9.17, 15) is 8.42 Å². The van der Waals surface area contributed by atoms with Crippen LogP contribution in [0.4, 0.5) is 0 Å². The molecule has 0 aliphatic carbocycles. The maximum atomic E-state index is 10.7. The molecule has 0 unspecified atom stereocenters. The summed E-state index contributed by atoms with van der Waals surface area (Å²) in [5, 5.41) is 4.43. The lowest BCUT2D eigenvalue weighted by Crippen LogP contribution is -2.35. The molecule has 10 heavy (non-hydrogen) atoms. The van der Waals surface area contributed by atoms with Gasteiger partial charge in [-0.25, -0.2) is 13.6 Å². The van der Waals surface area contributed by atoms with Crippen LogP contribution in [0.2, 0.25) is 0 Å². The van der Waals surface area contributed by atoms with Crippen molar-refractivity contribution < 1.29 is 13.2 Å². The molecule has 0 aromatic rings. The second-order valence-electron chi connectivity index (χ2n) is 2.43. The second kappa shape index (κ2) is 2.86. The molecule has 5 heteroatoms. The molecule has 0 saturated carbocycles. The van der Waals surface area contributed by atoms with E-state index in [1.807, 2.05) is 0 Å². The van der Waals surface area contributed by atoms with Gasteiger partial charge in [0.2, 0.25) is 10.0 Å². The zero-order valence-corrected chi connectivity index (χ0v) is 6.43. The number of hydrogen-bond acceptors (Lipinski definition) is 3. The van der Waals surface area contributed by atoms with Crippen molar-refractivity contribution in [1.82, 2.24) is 0 Å². The quantitative estimate of drug-likeness (QED) is 0.567. The number of sulfonamides is 1. The highest BCUT2D eigenvalue weighted by atomic mass is 32.2. The van der Waals surface area contributed by atoms with Crippen molar-refractivity contribution in [1.29, 1.82) is 0 Å². The predicted octanol–water partition coefficient (Wildman–Crippen LogP) is -0.546. The summed E-state index contributed by atoms with van der Waals surface area (Å²) in [5.41, 5.74) is 0. The largest absolute Gasteiger partial charge is 0.380 e. The number of rotatable bonds is 1. The van der Waals surface area contributed by atoms with Gasteiger partial charge in [-0.1, -0.05) is 0 Å². The van der Waals surface area contributed by atoms with Crippen LogP contribution >= 0.6 is 0 Å². The van der Waals surface area contributed by atoms with Crippen LogP contribution in [0.25, 0.3) is 0 Å². The van der Waals surface area contributed by atoms with Crippen molar-refractivity contribution >= 4 is 10.0 Å². The number of primary sulfonamides is 1. The van der Waals surface area contributed by atoms with Gasteiger partial charge in [-0.05, 0) is 12.8 Å². The van der Waals surface area contributed by atoms with Gasteiger partial charge in [0.25, 0.3) is 0 Å². The molecular formula is C5H11NO3S. The summed E-state index contributed by atoms with van der Waals surface area (Å²) in [6.45, 7) is 0.921. The zero-order valence-electron chi connectivity index (χ0n) is 5.62. The van der Waals surface area contributed by atoms with Gasteiger partial charge in [-0.2, -0.15) is 0 Å². The van der Waals surface area contributed by atoms with Gasteiger partial charge in [0.1, 0.15) is 0 Å². The molecule has 60 valence electrons. The van der Waals surface area contributed by atoms with Crippen LogP contribution in [0.3, 0.4) is 0 Å². The molecule has 0 radical (unpaired) electrons. The third-order valence-electron chi connectivity index (χ3n) is 1.58. The average Bonchev–Trinajstić information content (AvgIpc) is 1.88. The minimum Gasteiger partial charge on any atom is -0.380 e. The van der Waals surface area contributed by atoms with Gasteiger partial charge in [0.15, 0.2) is 0 Å². The lowest BCUT2D eigenvalue weighted by atomic mass is 10.2. The molecule has 0 spiro atoms. The smallest absolute Gasteiger partial charge is 0.214 e. The van der Waals surface area contributed by atoms with Crippen molar-refractivity contribution in [3.63, 3.8) is 0 Å². The Morgan fingerprint density at radius 3 is 2.50 bits per heavy atom. The maximum Gasteiger partial charge on any atom is 0.214 e. The molecule has 2 N–H and O–H groups in total. The van der Waals surface area contributed by atoms with E-state index in [-0.39, 0.29) is 6.61 Å². The summed E-state index contributed by atoms with van der Waals surface area (Å²) in [4.78, 5) is 0. The topological polar surface area (TPSA) is 69.4 Å². The van der Waals surface area contributed by atoms with Crippen LogP contribution < -0.4 is 5.14 Å². The molecule has 1 saturated heterocycles. The Hall–Kier alpha value is -0.130. The summed E-state index contributed by atoms with van der Waals surface area (Å²) < 4.78 is 26.3. The highest BCUT2D eigenvalue weighted by Crippen LogP contribution is 2.11. The Kier molecular flexibility index (Phi) is 2.28. The monoisotopic (exact) mass is 165 g/mol. The molecule has 1 heterocycles. The third kappa shape index (κ3) is 1.93. The third-order valence-corrected chi connectivity index (χ3v) is 2.88. The summed E-state index contributed by atoms with van der Waals surface area (Å²) in [7, 11) is -3.35. The fraction of sp³-hybridized carbons (Fsp3) is 1.00. The van der Waals surface area contributed by atoms with E-state index in [4.69, 9.17) is 9.88 Å². The van der Waals surface area contributed by atoms with E-state index >= 15 is 0 Å². The van der Waals surface area contributed by atoms with Gasteiger partial charge in [0, 0.05) is 6.61 Å². The van der Waals surface area contributed by atoms with Crippen molar-refractivity contribution in [2.75, 3.05) is 13.2 Å². The van der Waals surface area contributed by atoms with Crippen molar-refractivity contribution in [2.45, 2.75) is 18.1 Å². The molecule has 0 amide bonds. The fourth-order valence-corrected chi connectivity index (χ4v) is 1.75. The van der Waals surface area contributed by atoms with Gasteiger partial charge in [0.05, 0.1) is 11.9 Å². The first kappa shape index (κ1) is 7.97. The number of hydrogen-bond donors (Lipinski definition) is 1. The van der Waals surface area contributed by atoms with Crippen LogP contribution in [0.15, 0.2) is 0 Å². The Morgan fingerprint density at radius 1 is 1.50 bits per heavy atom. The van der Waals surface area contributed by atoms with Crippen LogP contribution in [0.5, 0.6) is 0 Å². The number of ether oxygens (including phenoxy) is 1. The summed E-state index contributed by atoms with van der Waals surface area (Å²) in [6, 6.07) is 0. The van der Waals surface area contributed by atoms with Gasteiger partial charge >= 0.3 is 0 Å². The lowest BCUT2D eigenvalue weighted by Gasteiger charge is -2.19. The first-order valence-corrected chi connectivity index (χ1v) is 4.81. The fourth-order valence-electron chi connectivity index (χ4n) is 0.970. The Bertz CT molecular complexity index is 193. The summed E-state index contributed by atoms with van der Waals surface area (Å²) in [5.74, 6) is 0. The first-order chi connectivity index (χ1) is 4.61. The standard InChI is InChI=1S/C5H11NO3S/c6-10(7,8)5-2-1-3-9-4-5/h5H,1-4H2,(H2,6,7,8)/t5-/m1/s1. The van der Waals surface area contributed by atoms with E-state index in [1.165, 1.54) is 0 Å². The second-order valence-corrected chi connectivity index (χ2v) is 4.27. The minimum absolute atomic E-state index is 0.263. The van der Waals surface area contributed by atoms with E-state index in [1.54, 1.807) is 0 Å². The highest BCUT2D eigenvalue weighted by Gasteiger charge is 2.23. The molecule has 0 bridgehead atoms. The molecule has 4 nitrogen and oxygen atoms in total. The molecular weight excluding hydrogens is 154 g/mol. The van der Waals surface area contributed by atoms with E-state index in [0.717, 1.165) is 6.42 Å². The van der Waals surface area contributed by atoms with Crippen molar-refractivity contribution in [3.8, 4) is 0 Å². The van der Waals surface area contributed by atoms with E-state index < -0.39 is 15.3 Å². The van der Waals surface area contributed by atoms with Crippen LogP contribution in [-0.4, -0.2) is 26.9 Å². The average molecular weight is 165 g/mol. The summed E-state index contributed by atoms with van der Waals surface area (Å²) >= 11 is 0. The normalized spacial score (nSPS) is 28.3. The Labute approximate surface area is 60.4 Å². The Morgan fingerprint density at radius 2 is 2.20 bits per heavy atom. The minimum atomic E-state index is -3.35. The van der Waals surface area contributed by atoms with E-state index in [0.29, 0.717) is 13.0 Å². The zero-order chi connectivity index (χ0) is 7.61.